The van der Waals surface area contributed by atoms with Crippen LogP contribution in [0.1, 0.15) is 110 Å². The number of likely N-dealkylation sites (tertiary alicyclic amines) is 1. The lowest BCUT2D eigenvalue weighted by Crippen LogP contribution is -2.59. The fraction of sp³-hybridized carbons (Fsp3) is 0.658. The van der Waals surface area contributed by atoms with Gasteiger partial charge in [-0.15, -0.1) is 0 Å². The van der Waals surface area contributed by atoms with Crippen molar-refractivity contribution in [3.63, 3.8) is 0 Å². The van der Waals surface area contributed by atoms with E-state index in [4.69, 9.17) is 5.73 Å². The van der Waals surface area contributed by atoms with Gasteiger partial charge in [-0.1, -0.05) is 110 Å². The standard InChI is InChI=1S/C29H44N4O2.C9H15NO/c1-19(21-13-9-7-10-14-21)29(15-11-8-12-16-29)32-20(2)31-25(28(3,4)5)27(35)33-18-22-17-23(22)24(33)26(34)30-6;1-7(9(10)11)3-2-4-8-5-6-8/h7,9-10,13-14,19,22-25,31-32H,2,8,11-12,15-18H2,1,3-6H3,(H,30,34);8H,1-6H2,(H2,10,11)/t19?,22-,23-,24?,25?;/m0./s1. The molecule has 4 fully saturated rings. The van der Waals surface area contributed by atoms with Gasteiger partial charge in [0.25, 0.3) is 0 Å². The van der Waals surface area contributed by atoms with Crippen molar-refractivity contribution in [2.24, 2.45) is 28.9 Å². The number of carbonyl (C=O) groups is 3. The van der Waals surface area contributed by atoms with Gasteiger partial charge in [0.1, 0.15) is 12.1 Å². The van der Waals surface area contributed by atoms with Gasteiger partial charge in [0.05, 0.1) is 5.82 Å². The molecule has 1 aromatic carbocycles. The Labute approximate surface area is 277 Å². The third-order valence-corrected chi connectivity index (χ3v) is 10.8. The van der Waals surface area contributed by atoms with E-state index < -0.39 is 6.04 Å². The topological polar surface area (TPSA) is 117 Å². The van der Waals surface area contributed by atoms with E-state index in [1.54, 1.807) is 7.05 Å². The Morgan fingerprint density at radius 3 is 2.28 bits per heavy atom. The molecule has 1 aromatic rings. The fourth-order valence-corrected chi connectivity index (χ4v) is 7.54. The summed E-state index contributed by atoms with van der Waals surface area (Å²) < 4.78 is 0. The van der Waals surface area contributed by atoms with Crippen molar-refractivity contribution in [2.75, 3.05) is 13.6 Å². The molecule has 0 aromatic heterocycles. The van der Waals surface area contributed by atoms with E-state index >= 15 is 0 Å². The number of hydrogen-bond donors (Lipinski definition) is 4. The molecule has 1 saturated heterocycles. The summed E-state index contributed by atoms with van der Waals surface area (Å²) in [5.41, 5.74) is 6.48. The maximum atomic E-state index is 13.9. The molecule has 8 nitrogen and oxygen atoms in total. The smallest absolute Gasteiger partial charge is 0.246 e. The Balaban J connectivity index is 0.000000369. The van der Waals surface area contributed by atoms with Gasteiger partial charge in [0.2, 0.25) is 17.7 Å². The summed E-state index contributed by atoms with van der Waals surface area (Å²) in [5.74, 6) is 2.31. The first-order valence-corrected chi connectivity index (χ1v) is 17.6. The summed E-state index contributed by atoms with van der Waals surface area (Å²) in [5, 5.41) is 10.0. The quantitative estimate of drug-likeness (QED) is 0.206. The van der Waals surface area contributed by atoms with Crippen molar-refractivity contribution in [2.45, 2.75) is 122 Å². The Kier molecular flexibility index (Phi) is 11.7. The average Bonchev–Trinajstić information content (AvgIpc) is 3.97. The van der Waals surface area contributed by atoms with Crippen LogP contribution in [0.5, 0.6) is 0 Å². The van der Waals surface area contributed by atoms with Crippen LogP contribution in [0.2, 0.25) is 0 Å². The molecule has 5 rings (SSSR count). The molecule has 3 unspecified atom stereocenters. The van der Waals surface area contributed by atoms with E-state index in [-0.39, 0.29) is 34.7 Å². The Bertz CT molecular complexity index is 1240. The number of carbonyl (C=O) groups excluding carboxylic acids is 3. The molecule has 3 saturated carbocycles. The zero-order valence-electron chi connectivity index (χ0n) is 29.0. The van der Waals surface area contributed by atoms with Crippen molar-refractivity contribution in [1.82, 2.24) is 20.9 Å². The third kappa shape index (κ3) is 8.95. The van der Waals surface area contributed by atoms with E-state index in [0.29, 0.717) is 35.7 Å². The molecule has 3 amide bonds. The number of nitrogens with two attached hydrogens (primary N) is 1. The molecule has 254 valence electrons. The Morgan fingerprint density at radius 1 is 1.07 bits per heavy atom. The molecule has 0 radical (unpaired) electrons. The second-order valence-corrected chi connectivity index (χ2v) is 15.4. The van der Waals surface area contributed by atoms with E-state index in [9.17, 15) is 14.4 Å². The summed E-state index contributed by atoms with van der Waals surface area (Å²) >= 11 is 0. The summed E-state index contributed by atoms with van der Waals surface area (Å²) in [6, 6.07) is 9.86. The van der Waals surface area contributed by atoms with Gasteiger partial charge in [-0.2, -0.15) is 0 Å². The number of fused-ring (bicyclic) bond motifs is 1. The van der Waals surface area contributed by atoms with Crippen LogP contribution in [0.15, 0.2) is 54.9 Å². The normalized spacial score (nSPS) is 24.3. The predicted octanol–water partition coefficient (Wildman–Crippen LogP) is 5.76. The minimum Gasteiger partial charge on any atom is -0.366 e. The molecule has 0 spiro atoms. The summed E-state index contributed by atoms with van der Waals surface area (Å²) in [6.45, 7) is 17.1. The molecule has 1 aliphatic heterocycles. The third-order valence-electron chi connectivity index (χ3n) is 10.8. The maximum absolute atomic E-state index is 13.9. The van der Waals surface area contributed by atoms with Crippen molar-refractivity contribution < 1.29 is 14.4 Å². The number of rotatable bonds is 13. The molecule has 5 N–H and O–H groups in total. The number of piperidine rings is 1. The molecule has 5 atom stereocenters. The average molecular weight is 634 g/mol. The van der Waals surface area contributed by atoms with Gasteiger partial charge >= 0.3 is 0 Å². The largest absolute Gasteiger partial charge is 0.366 e. The van der Waals surface area contributed by atoms with Gasteiger partial charge in [-0.3, -0.25) is 14.4 Å². The molecule has 0 bridgehead atoms. The number of primary amides is 1. The van der Waals surface area contributed by atoms with Crippen LogP contribution >= 0.6 is 0 Å². The first kappa shape index (κ1) is 35.6. The summed E-state index contributed by atoms with van der Waals surface area (Å²) in [7, 11) is 1.66. The summed E-state index contributed by atoms with van der Waals surface area (Å²) in [4.78, 5) is 38.8. The Hall–Kier alpha value is -3.29. The number of hydrogen-bond acceptors (Lipinski definition) is 5. The molecule has 8 heteroatoms. The molecule has 1 heterocycles. The molecular formula is C38H59N5O3. The minimum absolute atomic E-state index is 0.00458. The van der Waals surface area contributed by atoms with E-state index in [0.717, 1.165) is 38.0 Å². The summed E-state index contributed by atoms with van der Waals surface area (Å²) in [6.07, 6.45) is 12.7. The molecular weight excluding hydrogens is 574 g/mol. The van der Waals surface area contributed by atoms with Gasteiger partial charge in [0, 0.05) is 30.6 Å². The zero-order chi connectivity index (χ0) is 33.6. The van der Waals surface area contributed by atoms with Crippen molar-refractivity contribution in [3.8, 4) is 0 Å². The fourth-order valence-electron chi connectivity index (χ4n) is 7.54. The van der Waals surface area contributed by atoms with Gasteiger partial charge < -0.3 is 26.6 Å². The highest BCUT2D eigenvalue weighted by Gasteiger charge is 2.58. The lowest BCUT2D eigenvalue weighted by Gasteiger charge is -2.45. The van der Waals surface area contributed by atoms with Gasteiger partial charge in [0.15, 0.2) is 0 Å². The highest BCUT2D eigenvalue weighted by molar-refractivity contribution is 5.92. The van der Waals surface area contributed by atoms with Crippen molar-refractivity contribution in [3.05, 3.63) is 60.4 Å². The minimum atomic E-state index is -0.472. The van der Waals surface area contributed by atoms with Crippen LogP contribution < -0.4 is 21.7 Å². The predicted molar refractivity (Wildman–Crippen MR) is 185 cm³/mol. The molecule has 3 aliphatic carbocycles. The monoisotopic (exact) mass is 633 g/mol. The number of amides is 3. The highest BCUT2D eigenvalue weighted by Crippen LogP contribution is 2.50. The second-order valence-electron chi connectivity index (χ2n) is 15.4. The first-order chi connectivity index (χ1) is 21.8. The van der Waals surface area contributed by atoms with Gasteiger partial charge in [-0.25, -0.2) is 0 Å². The van der Waals surface area contributed by atoms with Crippen LogP contribution in [-0.4, -0.2) is 53.8 Å². The SMILES string of the molecule is C=C(CCCC1CC1)C(N)=O.C=C(NC(C(=O)N1C[C@@H]2C[C@@H]2C1C(=O)NC)C(C)(C)C)NC1(C(C)c2ccccc2)CCCCC1. The van der Waals surface area contributed by atoms with Crippen LogP contribution in [0.4, 0.5) is 0 Å². The number of likely N-dealkylation sites (N-methyl/N-ethyl adjacent to an activating group) is 1. The number of nitrogens with zero attached hydrogens (tertiary/aromatic N) is 1. The lowest BCUT2D eigenvalue weighted by molar-refractivity contribution is -0.143. The first-order valence-electron chi connectivity index (χ1n) is 17.6. The molecule has 4 aliphatic rings. The maximum Gasteiger partial charge on any atom is 0.246 e. The van der Waals surface area contributed by atoms with Crippen molar-refractivity contribution in [1.29, 1.82) is 0 Å². The van der Waals surface area contributed by atoms with Crippen LogP contribution in [0.25, 0.3) is 0 Å². The second kappa shape index (κ2) is 15.1. The van der Waals surface area contributed by atoms with E-state index in [1.807, 2.05) is 4.90 Å². The number of benzene rings is 1. The van der Waals surface area contributed by atoms with Gasteiger partial charge in [-0.05, 0) is 60.8 Å². The van der Waals surface area contributed by atoms with Crippen LogP contribution in [0.3, 0.4) is 0 Å². The zero-order valence-corrected chi connectivity index (χ0v) is 29.0. The Morgan fingerprint density at radius 2 is 1.72 bits per heavy atom. The van der Waals surface area contributed by atoms with E-state index in [1.165, 1.54) is 44.1 Å². The van der Waals surface area contributed by atoms with E-state index in [2.05, 4.69) is 87.1 Å². The van der Waals surface area contributed by atoms with Crippen molar-refractivity contribution >= 4 is 17.7 Å². The highest BCUT2D eigenvalue weighted by atomic mass is 16.2. The van der Waals surface area contributed by atoms with Crippen LogP contribution in [-0.2, 0) is 14.4 Å². The molecule has 46 heavy (non-hydrogen) atoms. The van der Waals surface area contributed by atoms with Crippen LogP contribution in [0, 0.1) is 23.2 Å². The lowest BCUT2D eigenvalue weighted by atomic mass is 9.71. The number of nitrogens with one attached hydrogen (secondary N) is 3.